The number of carbonyl (C=O) groups excluding carboxylic acids is 4. The molecule has 0 N–H and O–H groups in total. The van der Waals surface area contributed by atoms with Gasteiger partial charge in [-0.15, -0.1) is 0 Å². The first-order valence-corrected chi connectivity index (χ1v) is 8.93. The van der Waals surface area contributed by atoms with Crippen molar-refractivity contribution in [1.82, 2.24) is 0 Å². The Bertz CT molecular complexity index is 982. The molecule has 3 rings (SSSR count). The molecule has 0 saturated carbocycles. The molecule has 6 nitrogen and oxygen atoms in total. The molecule has 0 saturated heterocycles. The van der Waals surface area contributed by atoms with Crippen LogP contribution in [0.1, 0.15) is 39.0 Å². The summed E-state index contributed by atoms with van der Waals surface area (Å²) >= 11 is 6.22. The van der Waals surface area contributed by atoms with Crippen molar-refractivity contribution in [3.63, 3.8) is 0 Å². The second-order valence-electron chi connectivity index (χ2n) is 5.48. The molecule has 0 atom stereocenters. The van der Waals surface area contributed by atoms with Gasteiger partial charge in [0.2, 0.25) is 11.6 Å². The van der Waals surface area contributed by atoms with Gasteiger partial charge in [0.15, 0.2) is 17.3 Å². The highest BCUT2D eigenvalue weighted by Gasteiger charge is 2.37. The SMILES string of the molecule is CC(=O)COc1ccc(C(=O)c2coc3c2C(=O)C(=O)C(Br)=C3Br)cc1. The fraction of sp³-hybridized carbons (Fsp3) is 0.111. The minimum atomic E-state index is -0.811. The fourth-order valence-electron chi connectivity index (χ4n) is 2.37. The van der Waals surface area contributed by atoms with Gasteiger partial charge in [0.1, 0.15) is 18.6 Å². The molecule has 0 radical (unpaired) electrons. The zero-order valence-electron chi connectivity index (χ0n) is 13.3. The van der Waals surface area contributed by atoms with Crippen molar-refractivity contribution in [1.29, 1.82) is 0 Å². The molecule has 0 amide bonds. The highest BCUT2D eigenvalue weighted by atomic mass is 79.9. The number of allylic oxidation sites excluding steroid dienone is 1. The zero-order valence-corrected chi connectivity index (χ0v) is 16.5. The van der Waals surface area contributed by atoms with Crippen molar-refractivity contribution in [2.75, 3.05) is 6.61 Å². The van der Waals surface area contributed by atoms with Gasteiger partial charge < -0.3 is 9.15 Å². The molecule has 1 aliphatic carbocycles. The lowest BCUT2D eigenvalue weighted by atomic mass is 9.94. The van der Waals surface area contributed by atoms with Gasteiger partial charge in [-0.25, -0.2) is 0 Å². The Hall–Kier alpha value is -2.32. The molecular weight excluding hydrogens is 472 g/mol. The first kappa shape index (κ1) is 18.5. The summed E-state index contributed by atoms with van der Waals surface area (Å²) in [6.45, 7) is 1.34. The normalized spacial score (nSPS) is 13.7. The number of Topliss-reactive ketones (excluding diaryl/α,β-unsaturated/α-hetero) is 3. The number of fused-ring (bicyclic) bond motifs is 1. The predicted molar refractivity (Wildman–Crippen MR) is 98.9 cm³/mol. The van der Waals surface area contributed by atoms with Crippen LogP contribution in [0.2, 0.25) is 0 Å². The number of benzene rings is 1. The maximum atomic E-state index is 12.7. The highest BCUT2D eigenvalue weighted by molar-refractivity contribution is 9.16. The van der Waals surface area contributed by atoms with E-state index < -0.39 is 17.3 Å². The maximum absolute atomic E-state index is 12.7. The van der Waals surface area contributed by atoms with Gasteiger partial charge in [-0.3, -0.25) is 19.2 Å². The standard InChI is InChI=1S/C18H10Br2O6/c1-8(21)6-25-10-4-2-9(3-5-10)15(22)11-7-26-18-12(11)16(23)17(24)13(19)14(18)20/h2-5,7H,6H2,1H3. The van der Waals surface area contributed by atoms with E-state index in [0.29, 0.717) is 5.75 Å². The molecule has 1 aromatic heterocycles. The van der Waals surface area contributed by atoms with Crippen molar-refractivity contribution in [3.8, 4) is 5.75 Å². The second kappa shape index (κ2) is 7.13. The average Bonchev–Trinajstić information content (AvgIpc) is 3.08. The van der Waals surface area contributed by atoms with E-state index in [9.17, 15) is 19.2 Å². The van der Waals surface area contributed by atoms with Crippen molar-refractivity contribution < 1.29 is 28.3 Å². The van der Waals surface area contributed by atoms with Crippen molar-refractivity contribution in [2.24, 2.45) is 0 Å². The maximum Gasteiger partial charge on any atom is 0.241 e. The first-order valence-electron chi connectivity index (χ1n) is 7.34. The van der Waals surface area contributed by atoms with Gasteiger partial charge >= 0.3 is 0 Å². The highest BCUT2D eigenvalue weighted by Crippen LogP contribution is 2.39. The van der Waals surface area contributed by atoms with E-state index in [0.717, 1.165) is 6.26 Å². The molecule has 1 aromatic carbocycles. The van der Waals surface area contributed by atoms with E-state index in [2.05, 4.69) is 31.9 Å². The summed E-state index contributed by atoms with van der Waals surface area (Å²) in [5, 5.41) is 0. The average molecular weight is 482 g/mol. The Morgan fingerprint density at radius 1 is 1.04 bits per heavy atom. The van der Waals surface area contributed by atoms with E-state index in [1.807, 2.05) is 0 Å². The third-order valence-corrected chi connectivity index (χ3v) is 5.66. The van der Waals surface area contributed by atoms with Gasteiger partial charge in [0.25, 0.3) is 0 Å². The molecule has 0 fully saturated rings. The predicted octanol–water partition coefficient (Wildman–Crippen LogP) is 3.70. The molecule has 1 heterocycles. The number of furan rings is 1. The van der Waals surface area contributed by atoms with E-state index in [1.54, 1.807) is 12.1 Å². The molecule has 0 spiro atoms. The Labute approximate surface area is 164 Å². The van der Waals surface area contributed by atoms with Crippen LogP contribution in [0.25, 0.3) is 4.48 Å². The van der Waals surface area contributed by atoms with Crippen LogP contribution in [-0.4, -0.2) is 29.7 Å². The zero-order chi connectivity index (χ0) is 19.0. The fourth-order valence-corrected chi connectivity index (χ4v) is 3.20. The monoisotopic (exact) mass is 480 g/mol. The summed E-state index contributed by atoms with van der Waals surface area (Å²) in [5.74, 6) is -1.59. The molecule has 1 aliphatic rings. The largest absolute Gasteiger partial charge is 0.486 e. The quantitative estimate of drug-likeness (QED) is 0.477. The molecule has 0 bridgehead atoms. The van der Waals surface area contributed by atoms with E-state index in [-0.39, 0.29) is 43.8 Å². The van der Waals surface area contributed by atoms with Crippen molar-refractivity contribution in [3.05, 3.63) is 57.5 Å². The molecule has 132 valence electrons. The van der Waals surface area contributed by atoms with Crippen LogP contribution >= 0.6 is 31.9 Å². The summed E-state index contributed by atoms with van der Waals surface area (Å²) in [6, 6.07) is 6.10. The Morgan fingerprint density at radius 3 is 2.31 bits per heavy atom. The van der Waals surface area contributed by atoms with E-state index >= 15 is 0 Å². The minimum absolute atomic E-state index is 0.00713. The van der Waals surface area contributed by atoms with Gasteiger partial charge in [-0.05, 0) is 63.0 Å². The lowest BCUT2D eigenvalue weighted by Crippen LogP contribution is -2.22. The Kier molecular flexibility index (Phi) is 5.06. The smallest absolute Gasteiger partial charge is 0.241 e. The van der Waals surface area contributed by atoms with Gasteiger partial charge in [-0.2, -0.15) is 0 Å². The van der Waals surface area contributed by atoms with Crippen LogP contribution in [0, 0.1) is 0 Å². The third kappa shape index (κ3) is 3.22. The lowest BCUT2D eigenvalue weighted by Gasteiger charge is -2.10. The van der Waals surface area contributed by atoms with Crippen LogP contribution in [0.15, 0.2) is 39.4 Å². The second-order valence-corrected chi connectivity index (χ2v) is 7.07. The lowest BCUT2D eigenvalue weighted by molar-refractivity contribution is -0.119. The summed E-state index contributed by atoms with van der Waals surface area (Å²) in [6.07, 6.45) is 1.16. The molecule has 0 unspecified atom stereocenters. The number of rotatable bonds is 5. The van der Waals surface area contributed by atoms with Crippen LogP contribution in [0.3, 0.4) is 0 Å². The van der Waals surface area contributed by atoms with Crippen molar-refractivity contribution in [2.45, 2.75) is 6.92 Å². The Morgan fingerprint density at radius 2 is 1.69 bits per heavy atom. The summed E-state index contributed by atoms with van der Waals surface area (Å²) < 4.78 is 10.9. The number of hydrogen-bond donors (Lipinski definition) is 0. The van der Waals surface area contributed by atoms with Gasteiger partial charge in [0, 0.05) is 5.56 Å². The third-order valence-electron chi connectivity index (χ3n) is 3.62. The van der Waals surface area contributed by atoms with Crippen LogP contribution in [0.5, 0.6) is 5.75 Å². The number of halogens is 2. The van der Waals surface area contributed by atoms with Crippen LogP contribution in [-0.2, 0) is 9.59 Å². The van der Waals surface area contributed by atoms with E-state index in [4.69, 9.17) is 9.15 Å². The molecule has 26 heavy (non-hydrogen) atoms. The summed E-state index contributed by atoms with van der Waals surface area (Å²) in [5.41, 5.74) is 0.230. The Balaban J connectivity index is 1.93. The van der Waals surface area contributed by atoms with E-state index in [1.165, 1.54) is 19.1 Å². The summed E-state index contributed by atoms with van der Waals surface area (Å²) in [4.78, 5) is 48.0. The van der Waals surface area contributed by atoms with Gasteiger partial charge in [0.05, 0.1) is 20.1 Å². The van der Waals surface area contributed by atoms with Crippen molar-refractivity contribution >= 4 is 59.5 Å². The van der Waals surface area contributed by atoms with Gasteiger partial charge in [-0.1, -0.05) is 0 Å². The first-order chi connectivity index (χ1) is 12.3. The van der Waals surface area contributed by atoms with Crippen LogP contribution in [0.4, 0.5) is 0 Å². The number of carbonyl (C=O) groups is 4. The minimum Gasteiger partial charge on any atom is -0.486 e. The number of hydrogen-bond acceptors (Lipinski definition) is 6. The topological polar surface area (TPSA) is 90.7 Å². The molecule has 0 aliphatic heterocycles. The summed E-state index contributed by atoms with van der Waals surface area (Å²) in [7, 11) is 0. The molecule has 2 aromatic rings. The van der Waals surface area contributed by atoms with Crippen LogP contribution < -0.4 is 4.74 Å². The molecular formula is C18H10Br2O6. The molecule has 8 heteroatoms. The number of ketones is 4. The number of ether oxygens (including phenoxy) is 1.